The van der Waals surface area contributed by atoms with Crippen LogP contribution in [0.25, 0.3) is 17.1 Å². The number of oxazole rings is 1. The Morgan fingerprint density at radius 1 is 0.917 bits per heavy atom. The van der Waals surface area contributed by atoms with Gasteiger partial charge in [-0.2, -0.15) is 0 Å². The number of rotatable bonds is 5. The summed E-state index contributed by atoms with van der Waals surface area (Å²) in [5.74, 6) is 1.93. The van der Waals surface area contributed by atoms with E-state index in [1.165, 1.54) is 15.9 Å². The van der Waals surface area contributed by atoms with Gasteiger partial charge in [0, 0.05) is 49.8 Å². The van der Waals surface area contributed by atoms with E-state index in [1.807, 2.05) is 37.3 Å². The molecule has 0 N–H and O–H groups in total. The van der Waals surface area contributed by atoms with Crippen LogP contribution in [-0.2, 0) is 6.54 Å². The Hall–Kier alpha value is -4.40. The van der Waals surface area contributed by atoms with Gasteiger partial charge in [-0.05, 0) is 38.1 Å². The number of benzene rings is 2. The van der Waals surface area contributed by atoms with E-state index in [0.29, 0.717) is 23.0 Å². The third-order valence-corrected chi connectivity index (χ3v) is 6.67. The zero-order valence-corrected chi connectivity index (χ0v) is 20.3. The molecule has 36 heavy (non-hydrogen) atoms. The zero-order chi connectivity index (χ0) is 24.6. The van der Waals surface area contributed by atoms with Crippen LogP contribution in [0.15, 0.2) is 76.2 Å². The summed E-state index contributed by atoms with van der Waals surface area (Å²) in [5, 5.41) is 4.66. The lowest BCUT2D eigenvalue weighted by Crippen LogP contribution is -2.47. The Balaban J connectivity index is 1.25. The molecule has 0 amide bonds. The molecule has 9 nitrogen and oxygen atoms in total. The highest BCUT2D eigenvalue weighted by Crippen LogP contribution is 2.23. The summed E-state index contributed by atoms with van der Waals surface area (Å²) in [6.07, 6.45) is 3.33. The van der Waals surface area contributed by atoms with Crippen LogP contribution in [0.5, 0.6) is 0 Å². The largest absolute Gasteiger partial charge is 0.441 e. The first-order valence-corrected chi connectivity index (χ1v) is 12.1. The van der Waals surface area contributed by atoms with Crippen molar-refractivity contribution < 1.29 is 4.42 Å². The number of fused-ring (bicyclic) bond motifs is 1. The molecular weight excluding hydrogens is 454 g/mol. The first-order chi connectivity index (χ1) is 17.6. The molecule has 1 fully saturated rings. The Labute approximate surface area is 208 Å². The SMILES string of the molecule is Cc1ccc(N2CCN(c3nccn4c(=O)n(Cc5nc(-c6ccccc6)oc5C)nc34)CC2)cc1. The molecule has 0 aliphatic carbocycles. The van der Waals surface area contributed by atoms with Gasteiger partial charge in [-0.3, -0.25) is 0 Å². The number of aromatic nitrogens is 5. The number of hydrogen-bond acceptors (Lipinski definition) is 7. The van der Waals surface area contributed by atoms with Gasteiger partial charge in [-0.15, -0.1) is 5.10 Å². The fourth-order valence-electron chi connectivity index (χ4n) is 4.61. The zero-order valence-electron chi connectivity index (χ0n) is 20.3. The molecule has 3 aromatic heterocycles. The normalized spacial score (nSPS) is 14.1. The van der Waals surface area contributed by atoms with Gasteiger partial charge < -0.3 is 14.2 Å². The average molecular weight is 482 g/mol. The number of anilines is 2. The van der Waals surface area contributed by atoms with Crippen LogP contribution in [-0.4, -0.2) is 50.3 Å². The Kier molecular flexibility index (Phi) is 5.52. The monoisotopic (exact) mass is 481 g/mol. The minimum absolute atomic E-state index is 0.226. The van der Waals surface area contributed by atoms with Crippen LogP contribution in [0.2, 0.25) is 0 Å². The quantitative estimate of drug-likeness (QED) is 0.380. The molecule has 0 spiro atoms. The number of hydrogen-bond donors (Lipinski definition) is 0. The summed E-state index contributed by atoms with van der Waals surface area (Å²) in [6, 6.07) is 18.3. The Bertz CT molecular complexity index is 1560. The van der Waals surface area contributed by atoms with Gasteiger partial charge in [0.2, 0.25) is 11.5 Å². The van der Waals surface area contributed by atoms with E-state index in [-0.39, 0.29) is 12.2 Å². The van der Waals surface area contributed by atoms with Crippen molar-refractivity contribution in [3.63, 3.8) is 0 Å². The van der Waals surface area contributed by atoms with Crippen LogP contribution >= 0.6 is 0 Å². The van der Waals surface area contributed by atoms with Crippen molar-refractivity contribution in [2.45, 2.75) is 20.4 Å². The highest BCUT2D eigenvalue weighted by molar-refractivity contribution is 5.64. The molecule has 0 saturated carbocycles. The van der Waals surface area contributed by atoms with E-state index in [2.05, 4.69) is 56.1 Å². The van der Waals surface area contributed by atoms with E-state index in [4.69, 9.17) is 4.42 Å². The van der Waals surface area contributed by atoms with Crippen molar-refractivity contribution in [3.8, 4) is 11.5 Å². The molecule has 6 rings (SSSR count). The fourth-order valence-corrected chi connectivity index (χ4v) is 4.61. The van der Waals surface area contributed by atoms with Crippen molar-refractivity contribution in [2.75, 3.05) is 36.0 Å². The van der Waals surface area contributed by atoms with Crippen molar-refractivity contribution >= 4 is 17.2 Å². The molecule has 0 unspecified atom stereocenters. The summed E-state index contributed by atoms with van der Waals surface area (Å²) in [5.41, 5.74) is 4.38. The minimum atomic E-state index is -0.226. The Morgan fingerprint density at radius 2 is 1.64 bits per heavy atom. The van der Waals surface area contributed by atoms with E-state index >= 15 is 0 Å². The topological polar surface area (TPSA) is 84.7 Å². The van der Waals surface area contributed by atoms with Gasteiger partial charge in [0.05, 0.1) is 6.54 Å². The highest BCUT2D eigenvalue weighted by atomic mass is 16.4. The molecule has 1 aliphatic rings. The van der Waals surface area contributed by atoms with Gasteiger partial charge >= 0.3 is 5.69 Å². The summed E-state index contributed by atoms with van der Waals surface area (Å²) >= 11 is 0. The predicted molar refractivity (Wildman–Crippen MR) is 139 cm³/mol. The van der Waals surface area contributed by atoms with E-state index < -0.39 is 0 Å². The maximum atomic E-state index is 13.2. The fraction of sp³-hybridized carbons (Fsp3) is 0.259. The first-order valence-electron chi connectivity index (χ1n) is 12.1. The summed E-state index contributed by atoms with van der Waals surface area (Å²) in [7, 11) is 0. The van der Waals surface area contributed by atoms with Gasteiger partial charge in [-0.25, -0.2) is 23.8 Å². The maximum Gasteiger partial charge on any atom is 0.350 e. The lowest BCUT2D eigenvalue weighted by Gasteiger charge is -2.36. The molecule has 9 heteroatoms. The van der Waals surface area contributed by atoms with Crippen molar-refractivity contribution in [1.82, 2.24) is 24.1 Å². The van der Waals surface area contributed by atoms with Crippen LogP contribution in [0.1, 0.15) is 17.0 Å². The summed E-state index contributed by atoms with van der Waals surface area (Å²) in [4.78, 5) is 27.0. The minimum Gasteiger partial charge on any atom is -0.441 e. The number of nitrogens with zero attached hydrogens (tertiary/aromatic N) is 7. The predicted octanol–water partition coefficient (Wildman–Crippen LogP) is 3.54. The molecule has 2 aromatic carbocycles. The van der Waals surface area contributed by atoms with Crippen molar-refractivity contribution in [2.24, 2.45) is 0 Å². The molecule has 182 valence electrons. The molecule has 0 bridgehead atoms. The van der Waals surface area contributed by atoms with Crippen molar-refractivity contribution in [1.29, 1.82) is 0 Å². The molecule has 5 aromatic rings. The maximum absolute atomic E-state index is 13.2. The summed E-state index contributed by atoms with van der Waals surface area (Å²) in [6.45, 7) is 7.52. The lowest BCUT2D eigenvalue weighted by molar-refractivity contribution is 0.535. The molecule has 0 radical (unpaired) electrons. The smallest absolute Gasteiger partial charge is 0.350 e. The van der Waals surface area contributed by atoms with Crippen LogP contribution in [0, 0.1) is 13.8 Å². The second kappa shape index (κ2) is 8.99. The van der Waals surface area contributed by atoms with E-state index in [0.717, 1.165) is 37.6 Å². The molecule has 1 saturated heterocycles. The Morgan fingerprint density at radius 3 is 2.39 bits per heavy atom. The van der Waals surface area contributed by atoms with E-state index in [9.17, 15) is 4.79 Å². The van der Waals surface area contributed by atoms with Gasteiger partial charge in [0.1, 0.15) is 11.5 Å². The highest BCUT2D eigenvalue weighted by Gasteiger charge is 2.23. The van der Waals surface area contributed by atoms with E-state index in [1.54, 1.807) is 16.8 Å². The molecular formula is C27H27N7O2. The number of piperazine rings is 1. The third kappa shape index (κ3) is 4.02. The van der Waals surface area contributed by atoms with Crippen molar-refractivity contribution in [3.05, 3.63) is 94.5 Å². The summed E-state index contributed by atoms with van der Waals surface area (Å²) < 4.78 is 8.86. The van der Waals surface area contributed by atoms with Gasteiger partial charge in [-0.1, -0.05) is 35.9 Å². The van der Waals surface area contributed by atoms with Gasteiger partial charge in [0.15, 0.2) is 5.82 Å². The number of aryl methyl sites for hydroxylation is 2. The molecule has 4 heterocycles. The first kappa shape index (κ1) is 22.1. The molecule has 0 atom stereocenters. The second-order valence-electron chi connectivity index (χ2n) is 9.08. The second-order valence-corrected chi connectivity index (χ2v) is 9.08. The van der Waals surface area contributed by atoms with Crippen LogP contribution < -0.4 is 15.5 Å². The van der Waals surface area contributed by atoms with Gasteiger partial charge in [0.25, 0.3) is 0 Å². The lowest BCUT2D eigenvalue weighted by atomic mass is 10.2. The van der Waals surface area contributed by atoms with Crippen LogP contribution in [0.4, 0.5) is 11.5 Å². The molecule has 1 aliphatic heterocycles. The third-order valence-electron chi connectivity index (χ3n) is 6.67. The van der Waals surface area contributed by atoms with Crippen LogP contribution in [0.3, 0.4) is 0 Å². The standard InChI is InChI=1S/C27H27N7O2/c1-19-8-10-22(11-9-19)31-14-16-32(17-15-31)24-25-30-34(27(35)33(25)13-12-28-24)18-23-20(2)36-26(29-23)21-6-4-3-5-7-21/h3-13H,14-18H2,1-2H3. The average Bonchev–Trinajstić information content (AvgIpc) is 3.44.